The number of rotatable bonds is 1. The third kappa shape index (κ3) is 3.26. The van der Waals surface area contributed by atoms with E-state index >= 15 is 0 Å². The summed E-state index contributed by atoms with van der Waals surface area (Å²) in [7, 11) is 0. The Kier molecular flexibility index (Phi) is 4.56. The van der Waals surface area contributed by atoms with Gasteiger partial charge in [0.2, 0.25) is 0 Å². The third-order valence-electron chi connectivity index (χ3n) is 5.70. The molecule has 25 heavy (non-hydrogen) atoms. The molecule has 0 bridgehead atoms. The average Bonchev–Trinajstić information content (AvgIpc) is 2.85. The molecule has 2 aliphatic rings. The van der Waals surface area contributed by atoms with E-state index in [1.165, 1.54) is 6.07 Å². The molecule has 1 amide bonds. The summed E-state index contributed by atoms with van der Waals surface area (Å²) in [4.78, 5) is 14.3. The van der Waals surface area contributed by atoms with Gasteiger partial charge in [0, 0.05) is 24.1 Å². The van der Waals surface area contributed by atoms with E-state index in [4.69, 9.17) is 4.74 Å². The second kappa shape index (κ2) is 6.27. The van der Waals surface area contributed by atoms with Crippen LogP contribution in [0.2, 0.25) is 0 Å². The topological polar surface area (TPSA) is 49.8 Å². The van der Waals surface area contributed by atoms with Gasteiger partial charge in [-0.15, -0.1) is 0 Å². The number of hydrogen-bond donors (Lipinski definition) is 1. The molecule has 1 saturated carbocycles. The van der Waals surface area contributed by atoms with E-state index in [2.05, 4.69) is 0 Å². The summed E-state index contributed by atoms with van der Waals surface area (Å²) in [5.74, 6) is -0.416. The number of amides is 1. The van der Waals surface area contributed by atoms with Gasteiger partial charge in [-0.05, 0) is 58.9 Å². The van der Waals surface area contributed by atoms with Crippen molar-refractivity contribution >= 4 is 6.09 Å². The molecule has 1 aliphatic carbocycles. The van der Waals surface area contributed by atoms with Crippen molar-refractivity contribution < 1.29 is 19.0 Å². The fraction of sp³-hybridized carbons (Fsp3) is 0.650. The standard InChI is InChI=1S/C20H28FNO3/c1-13-14-8-7-11-20(24,15-9-5-6-10-17(15)21)16(14)12-22(13)18(23)25-19(2,3)4/h5-6,9-10,13-14,16,24H,7-8,11-12H2,1-4H3. The van der Waals surface area contributed by atoms with Crippen molar-refractivity contribution in [2.45, 2.75) is 64.2 Å². The van der Waals surface area contributed by atoms with Gasteiger partial charge in [-0.25, -0.2) is 9.18 Å². The summed E-state index contributed by atoms with van der Waals surface area (Å²) in [5, 5.41) is 11.4. The van der Waals surface area contributed by atoms with E-state index in [0.29, 0.717) is 18.5 Å². The van der Waals surface area contributed by atoms with Crippen LogP contribution >= 0.6 is 0 Å². The Morgan fingerprint density at radius 3 is 2.68 bits per heavy atom. The first-order valence-electron chi connectivity index (χ1n) is 9.10. The minimum atomic E-state index is -1.24. The molecule has 1 aromatic rings. The number of aliphatic hydroxyl groups is 1. The summed E-state index contributed by atoms with van der Waals surface area (Å²) >= 11 is 0. The minimum Gasteiger partial charge on any atom is -0.444 e. The van der Waals surface area contributed by atoms with Crippen molar-refractivity contribution in [1.82, 2.24) is 4.90 Å². The van der Waals surface area contributed by atoms with Gasteiger partial charge < -0.3 is 14.7 Å². The van der Waals surface area contributed by atoms with Crippen LogP contribution in [0.25, 0.3) is 0 Å². The molecule has 0 radical (unpaired) electrons. The maximum atomic E-state index is 14.4. The van der Waals surface area contributed by atoms with E-state index in [0.717, 1.165) is 12.8 Å². The van der Waals surface area contributed by atoms with Crippen molar-refractivity contribution in [2.75, 3.05) is 6.54 Å². The van der Waals surface area contributed by atoms with Gasteiger partial charge in [0.1, 0.15) is 11.4 Å². The average molecular weight is 349 g/mol. The number of fused-ring (bicyclic) bond motifs is 1. The van der Waals surface area contributed by atoms with Gasteiger partial charge in [0.15, 0.2) is 0 Å². The van der Waals surface area contributed by atoms with Crippen molar-refractivity contribution in [1.29, 1.82) is 0 Å². The Hall–Kier alpha value is -1.62. The van der Waals surface area contributed by atoms with Gasteiger partial charge in [-0.2, -0.15) is 0 Å². The highest BCUT2D eigenvalue weighted by Crippen LogP contribution is 2.51. The van der Waals surface area contributed by atoms with Crippen molar-refractivity contribution in [3.63, 3.8) is 0 Å². The Balaban J connectivity index is 1.90. The Morgan fingerprint density at radius 1 is 1.36 bits per heavy atom. The lowest BCUT2D eigenvalue weighted by Crippen LogP contribution is -2.44. The molecule has 5 heteroatoms. The number of nitrogens with zero attached hydrogens (tertiary/aromatic N) is 1. The predicted octanol–water partition coefficient (Wildman–Crippen LogP) is 4.07. The second-order valence-corrected chi connectivity index (χ2v) is 8.44. The summed E-state index contributed by atoms with van der Waals surface area (Å²) in [6.45, 7) is 7.92. The summed E-state index contributed by atoms with van der Waals surface area (Å²) < 4.78 is 19.9. The number of hydrogen-bond acceptors (Lipinski definition) is 3. The molecule has 2 fully saturated rings. The fourth-order valence-corrected chi connectivity index (χ4v) is 4.53. The van der Waals surface area contributed by atoms with Crippen molar-refractivity contribution in [3.8, 4) is 0 Å². The van der Waals surface area contributed by atoms with Crippen LogP contribution in [0.15, 0.2) is 24.3 Å². The van der Waals surface area contributed by atoms with Crippen LogP contribution < -0.4 is 0 Å². The maximum absolute atomic E-state index is 14.4. The summed E-state index contributed by atoms with van der Waals surface area (Å²) in [5.41, 5.74) is -1.45. The predicted molar refractivity (Wildman–Crippen MR) is 93.5 cm³/mol. The zero-order valence-electron chi connectivity index (χ0n) is 15.5. The zero-order chi connectivity index (χ0) is 18.4. The Labute approximate surface area is 149 Å². The van der Waals surface area contributed by atoms with Crippen LogP contribution in [0.3, 0.4) is 0 Å². The minimum absolute atomic E-state index is 0.0292. The number of ether oxygens (including phenoxy) is 1. The monoisotopic (exact) mass is 349 g/mol. The smallest absolute Gasteiger partial charge is 0.410 e. The molecule has 138 valence electrons. The van der Waals surface area contributed by atoms with Crippen LogP contribution in [0.5, 0.6) is 0 Å². The van der Waals surface area contributed by atoms with E-state index in [1.54, 1.807) is 23.1 Å². The van der Waals surface area contributed by atoms with E-state index in [9.17, 15) is 14.3 Å². The van der Waals surface area contributed by atoms with Gasteiger partial charge in [0.05, 0.1) is 5.60 Å². The lowest BCUT2D eigenvalue weighted by Gasteiger charge is -2.42. The number of carbonyl (C=O) groups excluding carboxylic acids is 1. The largest absolute Gasteiger partial charge is 0.444 e. The van der Waals surface area contributed by atoms with Crippen LogP contribution in [0.1, 0.15) is 52.5 Å². The number of likely N-dealkylation sites (tertiary alicyclic amines) is 1. The molecule has 0 aromatic heterocycles. The van der Waals surface area contributed by atoms with E-state index in [1.807, 2.05) is 27.7 Å². The second-order valence-electron chi connectivity index (χ2n) is 8.44. The van der Waals surface area contributed by atoms with Gasteiger partial charge >= 0.3 is 6.09 Å². The van der Waals surface area contributed by atoms with Crippen LogP contribution in [0.4, 0.5) is 9.18 Å². The number of benzene rings is 1. The lowest BCUT2D eigenvalue weighted by molar-refractivity contribution is -0.0693. The summed E-state index contributed by atoms with van der Waals surface area (Å²) in [6.07, 6.45) is 1.91. The van der Waals surface area contributed by atoms with E-state index < -0.39 is 11.2 Å². The number of halogens is 1. The van der Waals surface area contributed by atoms with E-state index in [-0.39, 0.29) is 29.8 Å². The summed E-state index contributed by atoms with van der Waals surface area (Å²) in [6, 6.07) is 6.41. The molecule has 1 aromatic carbocycles. The fourth-order valence-electron chi connectivity index (χ4n) is 4.53. The van der Waals surface area contributed by atoms with Crippen LogP contribution in [-0.4, -0.2) is 34.3 Å². The van der Waals surface area contributed by atoms with Gasteiger partial charge in [0.25, 0.3) is 0 Å². The normalized spacial score (nSPS) is 32.4. The molecular weight excluding hydrogens is 321 g/mol. The Bertz CT molecular complexity index is 657. The Morgan fingerprint density at radius 2 is 2.04 bits per heavy atom. The van der Waals surface area contributed by atoms with Crippen molar-refractivity contribution in [3.05, 3.63) is 35.6 Å². The molecule has 1 N–H and O–H groups in total. The highest BCUT2D eigenvalue weighted by Gasteiger charge is 2.54. The van der Waals surface area contributed by atoms with Gasteiger partial charge in [-0.3, -0.25) is 0 Å². The molecule has 3 rings (SSSR count). The highest BCUT2D eigenvalue weighted by molar-refractivity contribution is 5.69. The first kappa shape index (κ1) is 18.2. The first-order chi connectivity index (χ1) is 11.6. The molecule has 1 heterocycles. The van der Waals surface area contributed by atoms with Crippen molar-refractivity contribution in [2.24, 2.45) is 11.8 Å². The molecule has 4 nitrogen and oxygen atoms in total. The quantitative estimate of drug-likeness (QED) is 0.831. The molecule has 4 unspecified atom stereocenters. The molecule has 4 atom stereocenters. The van der Waals surface area contributed by atoms with Crippen LogP contribution in [-0.2, 0) is 10.3 Å². The molecule has 1 aliphatic heterocycles. The highest BCUT2D eigenvalue weighted by atomic mass is 19.1. The lowest BCUT2D eigenvalue weighted by atomic mass is 9.66. The molecule has 0 spiro atoms. The molecular formula is C20H28FNO3. The van der Waals surface area contributed by atoms with Crippen LogP contribution in [0, 0.1) is 17.7 Å². The maximum Gasteiger partial charge on any atom is 0.410 e. The SMILES string of the molecule is CC1C2CCCC(O)(c3ccccc3F)C2CN1C(=O)OC(C)(C)C. The zero-order valence-corrected chi connectivity index (χ0v) is 15.5. The van der Waals surface area contributed by atoms with Gasteiger partial charge in [-0.1, -0.05) is 18.2 Å². The molecule has 1 saturated heterocycles. The third-order valence-corrected chi connectivity index (χ3v) is 5.70. The first-order valence-corrected chi connectivity index (χ1v) is 9.10. The number of carbonyl (C=O) groups is 1.